The summed E-state index contributed by atoms with van der Waals surface area (Å²) in [6.45, 7) is 4.96. The number of rotatable bonds is 3. The van der Waals surface area contributed by atoms with Crippen LogP contribution in [0.3, 0.4) is 0 Å². The number of hydrogen-bond donors (Lipinski definition) is 0. The van der Waals surface area contributed by atoms with Crippen molar-refractivity contribution in [2.45, 2.75) is 32.9 Å². The minimum Gasteiger partial charge on any atom is -0.484 e. The highest BCUT2D eigenvalue weighted by Crippen LogP contribution is 2.37. The van der Waals surface area contributed by atoms with Gasteiger partial charge in [0.1, 0.15) is 5.75 Å². The van der Waals surface area contributed by atoms with Crippen molar-refractivity contribution < 1.29 is 19.0 Å². The molecule has 1 atom stereocenters. The van der Waals surface area contributed by atoms with Gasteiger partial charge in [-0.15, -0.1) is 0 Å². The van der Waals surface area contributed by atoms with Gasteiger partial charge in [-0.05, 0) is 61.2 Å². The van der Waals surface area contributed by atoms with Gasteiger partial charge in [-0.2, -0.15) is 0 Å². The third-order valence-electron chi connectivity index (χ3n) is 4.76. The number of amides is 1. The van der Waals surface area contributed by atoms with E-state index < -0.39 is 0 Å². The second-order valence-corrected chi connectivity index (χ2v) is 6.65. The number of carbonyl (C=O) groups is 1. The maximum atomic E-state index is 12.7. The fourth-order valence-corrected chi connectivity index (χ4v) is 3.40. The second-order valence-electron chi connectivity index (χ2n) is 6.65. The molecular formula is C20H21NO4. The molecule has 2 heterocycles. The molecule has 0 N–H and O–H groups in total. The van der Waals surface area contributed by atoms with Crippen LogP contribution in [-0.2, 0) is 17.8 Å². The quantitative estimate of drug-likeness (QED) is 0.862. The second kappa shape index (κ2) is 6.31. The normalized spacial score (nSPS) is 18.0. The van der Waals surface area contributed by atoms with Crippen LogP contribution in [-0.4, -0.2) is 30.2 Å². The van der Waals surface area contributed by atoms with E-state index in [1.54, 1.807) is 0 Å². The summed E-state index contributed by atoms with van der Waals surface area (Å²) in [6.07, 6.45) is 0.808. The summed E-state index contributed by atoms with van der Waals surface area (Å²) in [6, 6.07) is 11.9. The Kier molecular flexibility index (Phi) is 3.99. The van der Waals surface area contributed by atoms with Crippen molar-refractivity contribution in [2.75, 3.05) is 13.4 Å². The molecule has 0 saturated carbocycles. The van der Waals surface area contributed by atoms with Crippen molar-refractivity contribution >= 4 is 5.91 Å². The zero-order chi connectivity index (χ0) is 17.4. The predicted octanol–water partition coefficient (Wildman–Crippen LogP) is 3.08. The minimum absolute atomic E-state index is 0.00248. The van der Waals surface area contributed by atoms with Gasteiger partial charge in [0, 0.05) is 12.6 Å². The van der Waals surface area contributed by atoms with E-state index in [0.717, 1.165) is 34.8 Å². The number of benzene rings is 2. The number of carbonyl (C=O) groups excluding carboxylic acids is 1. The Hall–Kier alpha value is -2.69. The highest BCUT2D eigenvalue weighted by Gasteiger charge is 2.29. The van der Waals surface area contributed by atoms with Crippen molar-refractivity contribution in [1.82, 2.24) is 4.90 Å². The summed E-state index contributed by atoms with van der Waals surface area (Å²) >= 11 is 0. The molecule has 0 aromatic heterocycles. The summed E-state index contributed by atoms with van der Waals surface area (Å²) in [5.74, 6) is 2.28. The largest absolute Gasteiger partial charge is 0.484 e. The monoisotopic (exact) mass is 339 g/mol. The third-order valence-corrected chi connectivity index (χ3v) is 4.76. The molecule has 2 aliphatic heterocycles. The maximum absolute atomic E-state index is 12.7. The van der Waals surface area contributed by atoms with Crippen molar-refractivity contribution in [1.29, 1.82) is 0 Å². The summed E-state index contributed by atoms with van der Waals surface area (Å²) in [4.78, 5) is 14.5. The summed E-state index contributed by atoms with van der Waals surface area (Å²) < 4.78 is 16.6. The Labute approximate surface area is 147 Å². The zero-order valence-electron chi connectivity index (χ0n) is 14.5. The van der Waals surface area contributed by atoms with Crippen LogP contribution in [0.5, 0.6) is 17.2 Å². The molecule has 0 fully saturated rings. The van der Waals surface area contributed by atoms with E-state index in [1.807, 2.05) is 48.2 Å². The lowest BCUT2D eigenvalue weighted by molar-refractivity contribution is -0.136. The first kappa shape index (κ1) is 15.8. The molecule has 1 unspecified atom stereocenters. The molecule has 1 amide bonds. The van der Waals surface area contributed by atoms with Crippen LogP contribution in [0, 0.1) is 6.92 Å². The molecular weight excluding hydrogens is 318 g/mol. The first-order valence-corrected chi connectivity index (χ1v) is 8.50. The number of fused-ring (bicyclic) bond motifs is 2. The maximum Gasteiger partial charge on any atom is 0.261 e. The lowest BCUT2D eigenvalue weighted by Gasteiger charge is -2.35. The number of nitrogens with zero attached hydrogens (tertiary/aromatic N) is 1. The van der Waals surface area contributed by atoms with Gasteiger partial charge < -0.3 is 19.1 Å². The topological polar surface area (TPSA) is 48.0 Å². The van der Waals surface area contributed by atoms with Crippen LogP contribution in [0.15, 0.2) is 36.4 Å². The van der Waals surface area contributed by atoms with E-state index >= 15 is 0 Å². The molecule has 4 rings (SSSR count). The van der Waals surface area contributed by atoms with E-state index in [-0.39, 0.29) is 25.3 Å². The molecule has 0 bridgehead atoms. The lowest BCUT2D eigenvalue weighted by Crippen LogP contribution is -2.44. The molecule has 2 aliphatic rings. The molecule has 0 spiro atoms. The van der Waals surface area contributed by atoms with Crippen LogP contribution in [0.25, 0.3) is 0 Å². The fraction of sp³-hybridized carbons (Fsp3) is 0.350. The Balaban J connectivity index is 1.46. The van der Waals surface area contributed by atoms with E-state index in [4.69, 9.17) is 14.2 Å². The fourth-order valence-electron chi connectivity index (χ4n) is 3.40. The van der Waals surface area contributed by atoms with Crippen LogP contribution in [0.1, 0.15) is 23.6 Å². The van der Waals surface area contributed by atoms with E-state index in [2.05, 4.69) is 6.92 Å². The standard InChI is InChI=1S/C20H21NO4/c1-13-4-3-5-17(6-13)23-11-20(22)21-10-16-9-19-18(24-12-25-19)8-15(16)7-14(21)2/h3-6,8-9,14H,7,10-12H2,1-2H3. The van der Waals surface area contributed by atoms with Crippen molar-refractivity contribution in [3.05, 3.63) is 53.1 Å². The van der Waals surface area contributed by atoms with Gasteiger partial charge in [0.2, 0.25) is 6.79 Å². The highest BCUT2D eigenvalue weighted by atomic mass is 16.7. The lowest BCUT2D eigenvalue weighted by atomic mass is 9.94. The Morgan fingerprint density at radius 1 is 1.20 bits per heavy atom. The molecule has 0 radical (unpaired) electrons. The number of aryl methyl sites for hydroxylation is 1. The first-order valence-electron chi connectivity index (χ1n) is 8.50. The Bertz CT molecular complexity index is 817. The van der Waals surface area contributed by atoms with Gasteiger partial charge in [0.25, 0.3) is 5.91 Å². The molecule has 0 saturated heterocycles. The molecule has 25 heavy (non-hydrogen) atoms. The van der Waals surface area contributed by atoms with Crippen molar-refractivity contribution in [3.63, 3.8) is 0 Å². The van der Waals surface area contributed by atoms with Gasteiger partial charge in [-0.25, -0.2) is 0 Å². The van der Waals surface area contributed by atoms with Gasteiger partial charge >= 0.3 is 0 Å². The smallest absolute Gasteiger partial charge is 0.261 e. The van der Waals surface area contributed by atoms with Gasteiger partial charge in [-0.1, -0.05) is 12.1 Å². The van der Waals surface area contributed by atoms with E-state index in [9.17, 15) is 4.79 Å². The van der Waals surface area contributed by atoms with Gasteiger partial charge in [0.05, 0.1) is 0 Å². The third kappa shape index (κ3) is 3.14. The van der Waals surface area contributed by atoms with Crippen LogP contribution in [0.4, 0.5) is 0 Å². The summed E-state index contributed by atoms with van der Waals surface area (Å²) in [5.41, 5.74) is 3.45. The van der Waals surface area contributed by atoms with Crippen LogP contribution in [0.2, 0.25) is 0 Å². The average Bonchev–Trinajstić information content (AvgIpc) is 3.04. The number of ether oxygens (including phenoxy) is 3. The molecule has 2 aromatic rings. The Morgan fingerprint density at radius 2 is 1.96 bits per heavy atom. The number of hydrogen-bond acceptors (Lipinski definition) is 4. The van der Waals surface area contributed by atoms with E-state index in [0.29, 0.717) is 6.54 Å². The van der Waals surface area contributed by atoms with Crippen LogP contribution < -0.4 is 14.2 Å². The summed E-state index contributed by atoms with van der Waals surface area (Å²) in [5, 5.41) is 0. The van der Waals surface area contributed by atoms with Crippen molar-refractivity contribution in [3.8, 4) is 17.2 Å². The SMILES string of the molecule is Cc1cccc(OCC(=O)N2Cc3cc4c(cc3CC2C)OCO4)c1. The first-order chi connectivity index (χ1) is 12.1. The zero-order valence-corrected chi connectivity index (χ0v) is 14.5. The minimum atomic E-state index is -0.00248. The van der Waals surface area contributed by atoms with Crippen LogP contribution >= 0.6 is 0 Å². The average molecular weight is 339 g/mol. The highest BCUT2D eigenvalue weighted by molar-refractivity contribution is 5.78. The van der Waals surface area contributed by atoms with Gasteiger partial charge in [-0.3, -0.25) is 4.79 Å². The van der Waals surface area contributed by atoms with Crippen molar-refractivity contribution in [2.24, 2.45) is 0 Å². The summed E-state index contributed by atoms with van der Waals surface area (Å²) in [7, 11) is 0. The van der Waals surface area contributed by atoms with E-state index in [1.165, 1.54) is 5.56 Å². The Morgan fingerprint density at radius 3 is 2.72 bits per heavy atom. The molecule has 5 nitrogen and oxygen atoms in total. The molecule has 130 valence electrons. The van der Waals surface area contributed by atoms with Gasteiger partial charge in [0.15, 0.2) is 18.1 Å². The molecule has 2 aromatic carbocycles. The molecule has 0 aliphatic carbocycles. The molecule has 5 heteroatoms. The predicted molar refractivity (Wildman–Crippen MR) is 93.0 cm³/mol.